The molecule has 0 radical (unpaired) electrons. The minimum Gasteiger partial charge on any atom is -0.398 e. The van der Waals surface area contributed by atoms with E-state index in [1.165, 1.54) is 12.1 Å². The zero-order valence-electron chi connectivity index (χ0n) is 8.43. The zero-order valence-corrected chi connectivity index (χ0v) is 8.43. The molecule has 0 aliphatic heterocycles. The molecule has 0 unspecified atom stereocenters. The lowest BCUT2D eigenvalue weighted by atomic mass is 10.1. The van der Waals surface area contributed by atoms with Gasteiger partial charge in [0.25, 0.3) is 5.69 Å². The highest BCUT2D eigenvalue weighted by molar-refractivity contribution is 5.67. The lowest BCUT2D eigenvalue weighted by Crippen LogP contribution is -2.03. The van der Waals surface area contributed by atoms with E-state index >= 15 is 0 Å². The van der Waals surface area contributed by atoms with Crippen LogP contribution < -0.4 is 11.1 Å². The van der Waals surface area contributed by atoms with Gasteiger partial charge in [0.15, 0.2) is 0 Å². The highest BCUT2D eigenvalue weighted by atomic mass is 16.6. The average Bonchev–Trinajstić information content (AvgIpc) is 2.20. The van der Waals surface area contributed by atoms with Gasteiger partial charge in [-0.25, -0.2) is 0 Å². The van der Waals surface area contributed by atoms with Crippen LogP contribution in [0.4, 0.5) is 11.4 Å². The predicted molar refractivity (Wildman–Crippen MR) is 60.5 cm³/mol. The molecule has 80 valence electrons. The largest absolute Gasteiger partial charge is 0.398 e. The Labute approximate surface area is 87.7 Å². The molecule has 0 saturated carbocycles. The number of nitrogens with zero attached hydrogens (tertiary/aromatic N) is 1. The summed E-state index contributed by atoms with van der Waals surface area (Å²) in [4.78, 5) is 9.99. The first-order valence-electron chi connectivity index (χ1n) is 4.50. The molecule has 0 fully saturated rings. The number of benzene rings is 1. The van der Waals surface area contributed by atoms with Crippen molar-refractivity contribution in [1.29, 1.82) is 0 Å². The van der Waals surface area contributed by atoms with Gasteiger partial charge in [-0.3, -0.25) is 10.1 Å². The van der Waals surface area contributed by atoms with Gasteiger partial charge >= 0.3 is 0 Å². The molecule has 0 amide bonds. The molecule has 1 rings (SSSR count). The van der Waals surface area contributed by atoms with E-state index in [9.17, 15) is 10.1 Å². The first-order chi connectivity index (χ1) is 7.15. The van der Waals surface area contributed by atoms with E-state index in [4.69, 9.17) is 5.73 Å². The summed E-state index contributed by atoms with van der Waals surface area (Å²) in [5.41, 5.74) is 6.88. The van der Waals surface area contributed by atoms with Crippen molar-refractivity contribution in [2.24, 2.45) is 0 Å². The molecule has 0 bridgehead atoms. The lowest BCUT2D eigenvalue weighted by Gasteiger charge is -1.99. The number of rotatable bonds is 4. The van der Waals surface area contributed by atoms with Crippen LogP contribution in [-0.2, 0) is 0 Å². The van der Waals surface area contributed by atoms with Crippen LogP contribution in [-0.4, -0.2) is 18.5 Å². The van der Waals surface area contributed by atoms with E-state index in [2.05, 4.69) is 5.32 Å². The van der Waals surface area contributed by atoms with E-state index in [1.807, 2.05) is 19.2 Å². The van der Waals surface area contributed by atoms with Crippen LogP contribution in [0.25, 0.3) is 6.08 Å². The maximum atomic E-state index is 10.4. The molecule has 3 N–H and O–H groups in total. The summed E-state index contributed by atoms with van der Waals surface area (Å²) in [7, 11) is 1.84. The minimum atomic E-state index is -0.461. The Balaban J connectivity index is 2.88. The second-order valence-corrected chi connectivity index (χ2v) is 3.03. The van der Waals surface area contributed by atoms with E-state index in [1.54, 1.807) is 6.07 Å². The normalized spacial score (nSPS) is 10.7. The maximum absolute atomic E-state index is 10.4. The molecule has 15 heavy (non-hydrogen) atoms. The quantitative estimate of drug-likeness (QED) is 0.444. The molecule has 0 aromatic heterocycles. The third-order valence-corrected chi connectivity index (χ3v) is 1.90. The van der Waals surface area contributed by atoms with Crippen LogP contribution in [0.15, 0.2) is 24.3 Å². The molecule has 0 aliphatic rings. The Bertz CT molecular complexity index is 388. The number of nitrogen functional groups attached to an aromatic ring is 1. The molecule has 1 aromatic carbocycles. The zero-order chi connectivity index (χ0) is 11.3. The van der Waals surface area contributed by atoms with E-state index < -0.39 is 4.92 Å². The molecule has 1 aromatic rings. The monoisotopic (exact) mass is 207 g/mol. The van der Waals surface area contributed by atoms with E-state index in [0.29, 0.717) is 5.69 Å². The summed E-state index contributed by atoms with van der Waals surface area (Å²) in [6, 6.07) is 4.44. The molecule has 0 aliphatic carbocycles. The Hall–Kier alpha value is -1.88. The third kappa shape index (κ3) is 3.07. The molecule has 5 heteroatoms. The summed E-state index contributed by atoms with van der Waals surface area (Å²) in [6.45, 7) is 0.733. The number of non-ortho nitro benzene ring substituents is 1. The van der Waals surface area contributed by atoms with Gasteiger partial charge in [-0.15, -0.1) is 0 Å². The standard InChI is InChI=1S/C10H13N3O2/c1-12-6-2-3-8-4-5-9(13(14)15)7-10(8)11/h2-5,7,12H,6,11H2,1H3. The lowest BCUT2D eigenvalue weighted by molar-refractivity contribution is -0.384. The SMILES string of the molecule is CNCC=Cc1ccc([N+](=O)[O-])cc1N. The van der Waals surface area contributed by atoms with Gasteiger partial charge in [0.05, 0.1) is 4.92 Å². The second kappa shape index (κ2) is 5.11. The van der Waals surface area contributed by atoms with E-state index in [0.717, 1.165) is 12.1 Å². The van der Waals surface area contributed by atoms with Crippen molar-refractivity contribution in [3.8, 4) is 0 Å². The van der Waals surface area contributed by atoms with Crippen LogP contribution in [0.5, 0.6) is 0 Å². The highest BCUT2D eigenvalue weighted by Crippen LogP contribution is 2.20. The van der Waals surface area contributed by atoms with Gasteiger partial charge in [-0.2, -0.15) is 0 Å². The molecule has 0 saturated heterocycles. The molecular weight excluding hydrogens is 194 g/mol. The molecular formula is C10H13N3O2. The first kappa shape index (κ1) is 11.2. The van der Waals surface area contributed by atoms with Crippen molar-refractivity contribution >= 4 is 17.5 Å². The van der Waals surface area contributed by atoms with Crippen molar-refractivity contribution in [1.82, 2.24) is 5.32 Å². The number of nitro groups is 1. The Morgan fingerprint density at radius 3 is 2.87 bits per heavy atom. The molecule has 0 heterocycles. The van der Waals surface area contributed by atoms with Crippen molar-refractivity contribution < 1.29 is 4.92 Å². The summed E-state index contributed by atoms with van der Waals surface area (Å²) in [5.74, 6) is 0. The molecule has 0 atom stereocenters. The summed E-state index contributed by atoms with van der Waals surface area (Å²) in [6.07, 6.45) is 3.73. The smallest absolute Gasteiger partial charge is 0.271 e. The number of nitrogens with two attached hydrogens (primary N) is 1. The fourth-order valence-corrected chi connectivity index (χ4v) is 1.13. The fourth-order valence-electron chi connectivity index (χ4n) is 1.13. The van der Waals surface area contributed by atoms with Gasteiger partial charge < -0.3 is 11.1 Å². The summed E-state index contributed by atoms with van der Waals surface area (Å²) >= 11 is 0. The van der Waals surface area contributed by atoms with Gasteiger partial charge in [0.1, 0.15) is 0 Å². The summed E-state index contributed by atoms with van der Waals surface area (Å²) in [5, 5.41) is 13.4. The Kier molecular flexibility index (Phi) is 3.82. The van der Waals surface area contributed by atoms with Crippen LogP contribution >= 0.6 is 0 Å². The number of hydrogen-bond donors (Lipinski definition) is 2. The number of likely N-dealkylation sites (N-methyl/N-ethyl adjacent to an activating group) is 1. The van der Waals surface area contributed by atoms with Gasteiger partial charge in [0.2, 0.25) is 0 Å². The summed E-state index contributed by atoms with van der Waals surface area (Å²) < 4.78 is 0. The van der Waals surface area contributed by atoms with Crippen molar-refractivity contribution in [2.45, 2.75) is 0 Å². The van der Waals surface area contributed by atoms with Crippen LogP contribution in [0.3, 0.4) is 0 Å². The minimum absolute atomic E-state index is 0.0123. The van der Waals surface area contributed by atoms with E-state index in [-0.39, 0.29) is 5.69 Å². The van der Waals surface area contributed by atoms with Gasteiger partial charge in [-0.1, -0.05) is 12.2 Å². The molecule has 5 nitrogen and oxygen atoms in total. The van der Waals surface area contributed by atoms with Crippen LogP contribution in [0, 0.1) is 10.1 Å². The second-order valence-electron chi connectivity index (χ2n) is 3.03. The first-order valence-corrected chi connectivity index (χ1v) is 4.50. The predicted octanol–water partition coefficient (Wildman–Crippen LogP) is 1.41. The third-order valence-electron chi connectivity index (χ3n) is 1.90. The average molecular weight is 207 g/mol. The van der Waals surface area contributed by atoms with Gasteiger partial charge in [-0.05, 0) is 18.7 Å². The van der Waals surface area contributed by atoms with Gasteiger partial charge in [0, 0.05) is 24.4 Å². The highest BCUT2D eigenvalue weighted by Gasteiger charge is 2.06. The van der Waals surface area contributed by atoms with Crippen molar-refractivity contribution in [3.05, 3.63) is 40.0 Å². The fraction of sp³-hybridized carbons (Fsp3) is 0.200. The Morgan fingerprint density at radius 1 is 1.60 bits per heavy atom. The van der Waals surface area contributed by atoms with Crippen LogP contribution in [0.2, 0.25) is 0 Å². The number of anilines is 1. The number of nitro benzene ring substituents is 1. The van der Waals surface area contributed by atoms with Crippen molar-refractivity contribution in [3.63, 3.8) is 0 Å². The Morgan fingerprint density at radius 2 is 2.33 bits per heavy atom. The number of hydrogen-bond acceptors (Lipinski definition) is 4. The maximum Gasteiger partial charge on any atom is 0.271 e. The van der Waals surface area contributed by atoms with Crippen molar-refractivity contribution in [2.75, 3.05) is 19.3 Å². The topological polar surface area (TPSA) is 81.2 Å². The number of nitrogens with one attached hydrogen (secondary N) is 1. The van der Waals surface area contributed by atoms with Crippen LogP contribution in [0.1, 0.15) is 5.56 Å². The molecule has 0 spiro atoms.